The summed E-state index contributed by atoms with van der Waals surface area (Å²) in [5.74, 6) is -0.124. The molecule has 2 heterocycles. The van der Waals surface area contributed by atoms with Gasteiger partial charge in [0.1, 0.15) is 11.8 Å². The van der Waals surface area contributed by atoms with E-state index in [9.17, 15) is 14.7 Å². The molecule has 2 aromatic carbocycles. The highest BCUT2D eigenvalue weighted by Gasteiger charge is 2.39. The van der Waals surface area contributed by atoms with Gasteiger partial charge in [0.05, 0.1) is 18.3 Å². The van der Waals surface area contributed by atoms with Crippen molar-refractivity contribution in [2.24, 2.45) is 0 Å². The first-order valence-electron chi connectivity index (χ1n) is 10.8. The number of aliphatic hydroxyl groups is 1. The van der Waals surface area contributed by atoms with E-state index in [0.717, 1.165) is 16.8 Å². The number of carbonyl (C=O) groups excluding carboxylic acids is 2. The molecule has 3 N–H and O–H groups in total. The van der Waals surface area contributed by atoms with E-state index in [2.05, 4.69) is 10.3 Å². The summed E-state index contributed by atoms with van der Waals surface area (Å²) in [5, 5.41) is 13.1. The predicted molar refractivity (Wildman–Crippen MR) is 121 cm³/mol. The lowest BCUT2D eigenvalue weighted by atomic mass is 10.1. The summed E-state index contributed by atoms with van der Waals surface area (Å²) in [7, 11) is 0. The molecule has 0 spiro atoms. The Labute approximate surface area is 187 Å². The largest absolute Gasteiger partial charge is 0.493 e. The lowest BCUT2D eigenvalue weighted by Gasteiger charge is -2.24. The SMILES string of the molecule is CCOc1ccccc1C(=O)N1C[C@H](O)C[C@H]1C(=O)NCc1ccc(-c2ccc[nH]2)cc1. The minimum atomic E-state index is -0.742. The minimum absolute atomic E-state index is 0.113. The third-order valence-corrected chi connectivity index (χ3v) is 5.59. The summed E-state index contributed by atoms with van der Waals surface area (Å²) in [4.78, 5) is 30.7. The number of β-amino-alcohol motifs (C(OH)–C–C–N with tert-alkyl or cyclic N) is 1. The van der Waals surface area contributed by atoms with Gasteiger partial charge in [-0.1, -0.05) is 36.4 Å². The van der Waals surface area contributed by atoms with Crippen molar-refractivity contribution in [2.75, 3.05) is 13.2 Å². The van der Waals surface area contributed by atoms with Crippen LogP contribution < -0.4 is 10.1 Å². The van der Waals surface area contributed by atoms with Gasteiger partial charge in [0.25, 0.3) is 5.91 Å². The molecular weight excluding hydrogens is 406 g/mol. The predicted octanol–water partition coefficient (Wildman–Crippen LogP) is 2.97. The summed E-state index contributed by atoms with van der Waals surface area (Å²) in [6.07, 6.45) is 1.34. The maximum absolute atomic E-state index is 13.2. The molecule has 166 valence electrons. The second-order valence-corrected chi connectivity index (χ2v) is 7.79. The number of nitrogens with zero attached hydrogens (tertiary/aromatic N) is 1. The smallest absolute Gasteiger partial charge is 0.258 e. The van der Waals surface area contributed by atoms with Crippen molar-refractivity contribution < 1.29 is 19.4 Å². The molecule has 0 unspecified atom stereocenters. The Hall–Kier alpha value is -3.58. The maximum atomic E-state index is 13.2. The number of aromatic amines is 1. The number of likely N-dealkylation sites (tertiary alicyclic amines) is 1. The van der Waals surface area contributed by atoms with Crippen LogP contribution >= 0.6 is 0 Å². The molecule has 7 nitrogen and oxygen atoms in total. The van der Waals surface area contributed by atoms with Crippen LogP contribution in [0.5, 0.6) is 5.75 Å². The fraction of sp³-hybridized carbons (Fsp3) is 0.280. The topological polar surface area (TPSA) is 94.7 Å². The summed E-state index contributed by atoms with van der Waals surface area (Å²) in [6.45, 7) is 2.73. The fourth-order valence-electron chi connectivity index (χ4n) is 3.99. The van der Waals surface area contributed by atoms with E-state index in [-0.39, 0.29) is 24.8 Å². The van der Waals surface area contributed by atoms with Crippen LogP contribution in [-0.2, 0) is 11.3 Å². The normalized spacial score (nSPS) is 17.9. The van der Waals surface area contributed by atoms with Gasteiger partial charge in [0.2, 0.25) is 5.91 Å². The number of rotatable bonds is 7. The number of hydrogen-bond acceptors (Lipinski definition) is 4. The van der Waals surface area contributed by atoms with Crippen LogP contribution in [0.1, 0.15) is 29.3 Å². The van der Waals surface area contributed by atoms with Gasteiger partial charge in [-0.05, 0) is 42.3 Å². The van der Waals surface area contributed by atoms with E-state index < -0.39 is 12.1 Å². The van der Waals surface area contributed by atoms with E-state index in [1.807, 2.05) is 49.5 Å². The van der Waals surface area contributed by atoms with E-state index in [0.29, 0.717) is 24.5 Å². The van der Waals surface area contributed by atoms with Gasteiger partial charge < -0.3 is 25.0 Å². The Balaban J connectivity index is 1.42. The fourth-order valence-corrected chi connectivity index (χ4v) is 3.99. The van der Waals surface area contributed by atoms with Crippen molar-refractivity contribution in [1.29, 1.82) is 0 Å². The molecule has 0 bridgehead atoms. The molecule has 0 radical (unpaired) electrons. The average Bonchev–Trinajstić information content (AvgIpc) is 3.48. The Morgan fingerprint density at radius 2 is 1.91 bits per heavy atom. The number of benzene rings is 2. The molecule has 32 heavy (non-hydrogen) atoms. The van der Waals surface area contributed by atoms with Gasteiger partial charge in [-0.3, -0.25) is 9.59 Å². The first-order valence-corrected chi connectivity index (χ1v) is 10.8. The standard InChI is InChI=1S/C25H27N3O4/c1-2-32-23-8-4-3-6-20(23)25(31)28-16-19(29)14-22(28)24(30)27-15-17-9-11-18(12-10-17)21-7-5-13-26-21/h3-13,19,22,26,29H,2,14-16H2,1H3,(H,27,30)/t19-,22+/m1/s1. The Morgan fingerprint density at radius 1 is 1.12 bits per heavy atom. The highest BCUT2D eigenvalue weighted by atomic mass is 16.5. The molecule has 2 amide bonds. The Morgan fingerprint density at radius 3 is 2.62 bits per heavy atom. The van der Waals surface area contributed by atoms with Crippen molar-refractivity contribution in [3.63, 3.8) is 0 Å². The Kier molecular flexibility index (Phi) is 6.56. The molecule has 4 rings (SSSR count). The summed E-state index contributed by atoms with van der Waals surface area (Å²) in [6, 6.07) is 18.1. The molecule has 7 heteroatoms. The van der Waals surface area contributed by atoms with Gasteiger partial charge in [-0.25, -0.2) is 0 Å². The number of aromatic nitrogens is 1. The second kappa shape index (κ2) is 9.70. The van der Waals surface area contributed by atoms with Crippen LogP contribution in [-0.4, -0.2) is 52.1 Å². The van der Waals surface area contributed by atoms with Crippen LogP contribution in [0.25, 0.3) is 11.3 Å². The zero-order valence-corrected chi connectivity index (χ0v) is 18.0. The molecule has 1 saturated heterocycles. The number of para-hydroxylation sites is 1. The molecule has 1 aromatic heterocycles. The molecule has 2 atom stereocenters. The zero-order chi connectivity index (χ0) is 22.5. The Bertz CT molecular complexity index is 1060. The van der Waals surface area contributed by atoms with Crippen molar-refractivity contribution >= 4 is 11.8 Å². The van der Waals surface area contributed by atoms with Crippen LogP contribution in [0.4, 0.5) is 0 Å². The van der Waals surface area contributed by atoms with Crippen LogP contribution in [0.2, 0.25) is 0 Å². The minimum Gasteiger partial charge on any atom is -0.493 e. The highest BCUT2D eigenvalue weighted by Crippen LogP contribution is 2.26. The van der Waals surface area contributed by atoms with Crippen molar-refractivity contribution in [3.05, 3.63) is 78.0 Å². The van der Waals surface area contributed by atoms with Crippen LogP contribution in [0.15, 0.2) is 66.9 Å². The van der Waals surface area contributed by atoms with Gasteiger partial charge in [0.15, 0.2) is 0 Å². The molecule has 0 aliphatic carbocycles. The highest BCUT2D eigenvalue weighted by molar-refractivity contribution is 6.00. The first-order chi connectivity index (χ1) is 15.6. The quantitative estimate of drug-likeness (QED) is 0.534. The number of carbonyl (C=O) groups is 2. The molecular formula is C25H27N3O4. The van der Waals surface area contributed by atoms with E-state index in [1.54, 1.807) is 24.3 Å². The molecule has 0 saturated carbocycles. The summed E-state index contributed by atoms with van der Waals surface area (Å²) in [5.41, 5.74) is 3.43. The van der Waals surface area contributed by atoms with Crippen LogP contribution in [0.3, 0.4) is 0 Å². The van der Waals surface area contributed by atoms with Gasteiger partial charge in [-0.15, -0.1) is 0 Å². The van der Waals surface area contributed by atoms with Gasteiger partial charge in [0, 0.05) is 31.4 Å². The monoisotopic (exact) mass is 433 g/mol. The maximum Gasteiger partial charge on any atom is 0.258 e. The van der Waals surface area contributed by atoms with E-state index in [1.165, 1.54) is 4.90 Å². The number of H-pyrrole nitrogens is 1. The lowest BCUT2D eigenvalue weighted by Crippen LogP contribution is -2.45. The molecule has 3 aromatic rings. The van der Waals surface area contributed by atoms with Crippen LogP contribution in [0, 0.1) is 0 Å². The first kappa shape index (κ1) is 21.6. The van der Waals surface area contributed by atoms with E-state index >= 15 is 0 Å². The number of hydrogen-bond donors (Lipinski definition) is 3. The number of nitrogens with one attached hydrogen (secondary N) is 2. The molecule has 1 aliphatic heterocycles. The van der Waals surface area contributed by atoms with Gasteiger partial charge >= 0.3 is 0 Å². The molecule has 1 fully saturated rings. The third-order valence-electron chi connectivity index (χ3n) is 5.59. The molecule has 1 aliphatic rings. The van der Waals surface area contributed by atoms with E-state index in [4.69, 9.17) is 4.74 Å². The van der Waals surface area contributed by atoms with Crippen molar-refractivity contribution in [2.45, 2.75) is 32.0 Å². The summed E-state index contributed by atoms with van der Waals surface area (Å²) >= 11 is 0. The summed E-state index contributed by atoms with van der Waals surface area (Å²) < 4.78 is 5.57. The zero-order valence-electron chi connectivity index (χ0n) is 18.0. The van der Waals surface area contributed by atoms with Gasteiger partial charge in [-0.2, -0.15) is 0 Å². The lowest BCUT2D eigenvalue weighted by molar-refractivity contribution is -0.125. The number of aliphatic hydroxyl groups excluding tert-OH is 1. The third kappa shape index (κ3) is 4.68. The number of amides is 2. The van der Waals surface area contributed by atoms with Crippen molar-refractivity contribution in [3.8, 4) is 17.0 Å². The second-order valence-electron chi connectivity index (χ2n) is 7.79. The van der Waals surface area contributed by atoms with Crippen molar-refractivity contribution in [1.82, 2.24) is 15.2 Å². The number of ether oxygens (including phenoxy) is 1. The average molecular weight is 434 g/mol.